The molecule has 2 N–H and O–H groups in total. The number of hydrogen-bond acceptors (Lipinski definition) is 6. The first-order chi connectivity index (χ1) is 15.1. The number of ether oxygens (including phenoxy) is 2. The van der Waals surface area contributed by atoms with E-state index < -0.39 is 29.7 Å². The highest BCUT2D eigenvalue weighted by atomic mass is 32.1. The van der Waals surface area contributed by atoms with Crippen molar-refractivity contribution in [2.24, 2.45) is 0 Å². The molecule has 32 heavy (non-hydrogen) atoms. The maximum Gasteiger partial charge on any atom is 0.408 e. The lowest BCUT2D eigenvalue weighted by Gasteiger charge is -2.24. The molecule has 8 heteroatoms. The number of nitrogens with one attached hydrogen (secondary N) is 1. The molecule has 0 bridgehead atoms. The van der Waals surface area contributed by atoms with Crippen LogP contribution in [0, 0.1) is 0 Å². The number of esters is 1. The van der Waals surface area contributed by atoms with Crippen LogP contribution in [0.25, 0.3) is 0 Å². The number of carbonyl (C=O) groups excluding carboxylic acids is 2. The largest absolute Gasteiger partial charge is 0.481 e. The third kappa shape index (κ3) is 9.96. The number of benzene rings is 1. The molecule has 2 aromatic rings. The van der Waals surface area contributed by atoms with Crippen molar-refractivity contribution in [1.82, 2.24) is 5.32 Å². The molecule has 0 unspecified atom stereocenters. The number of amides is 1. The Morgan fingerprint density at radius 2 is 1.72 bits per heavy atom. The van der Waals surface area contributed by atoms with Gasteiger partial charge in [-0.2, -0.15) is 0 Å². The molecule has 1 aromatic carbocycles. The standard InChI is InChI=1S/C24H31NO6S/c1-24(2,3)31-22(28)20(25-23(29)30-16-17-9-5-4-6-10-17)15-19-14-13-18(32-19)11-7-8-12-21(26)27/h4-6,9-10,13-14,20H,7-8,11-12,15-16H2,1-3H3,(H,25,29)(H,26,27)/t20-/m0/s1. The molecule has 0 spiro atoms. The van der Waals surface area contributed by atoms with Crippen molar-refractivity contribution in [1.29, 1.82) is 0 Å². The van der Waals surface area contributed by atoms with Crippen LogP contribution in [0.5, 0.6) is 0 Å². The minimum absolute atomic E-state index is 0.104. The summed E-state index contributed by atoms with van der Waals surface area (Å²) in [4.78, 5) is 37.7. The molecule has 0 radical (unpaired) electrons. The van der Waals surface area contributed by atoms with Gasteiger partial charge in [-0.05, 0) is 57.7 Å². The van der Waals surface area contributed by atoms with Crippen molar-refractivity contribution in [3.63, 3.8) is 0 Å². The molecule has 1 atom stereocenters. The lowest BCUT2D eigenvalue weighted by atomic mass is 10.1. The van der Waals surface area contributed by atoms with Gasteiger partial charge in [0.15, 0.2) is 0 Å². The zero-order chi connectivity index (χ0) is 23.6. The summed E-state index contributed by atoms with van der Waals surface area (Å²) in [6.07, 6.45) is 1.95. The van der Waals surface area contributed by atoms with Crippen LogP contribution < -0.4 is 5.32 Å². The summed E-state index contributed by atoms with van der Waals surface area (Å²) in [5.74, 6) is -1.31. The first-order valence-corrected chi connectivity index (χ1v) is 11.4. The highest BCUT2D eigenvalue weighted by Gasteiger charge is 2.28. The number of alkyl carbamates (subject to hydrolysis) is 1. The molecular weight excluding hydrogens is 430 g/mol. The smallest absolute Gasteiger partial charge is 0.408 e. The Labute approximate surface area is 192 Å². The lowest BCUT2D eigenvalue weighted by molar-refractivity contribution is -0.157. The van der Waals surface area contributed by atoms with Crippen LogP contribution >= 0.6 is 11.3 Å². The van der Waals surface area contributed by atoms with Crippen LogP contribution in [0.4, 0.5) is 4.79 Å². The third-order valence-corrected chi connectivity index (χ3v) is 5.55. The number of carboxylic acid groups (broad SMARTS) is 1. The third-order valence-electron chi connectivity index (χ3n) is 4.38. The van der Waals surface area contributed by atoms with Crippen LogP contribution in [-0.2, 0) is 38.5 Å². The summed E-state index contributed by atoms with van der Waals surface area (Å²) in [5.41, 5.74) is 0.165. The minimum atomic E-state index is -0.879. The second-order valence-electron chi connectivity index (χ2n) is 8.47. The fourth-order valence-electron chi connectivity index (χ4n) is 2.92. The highest BCUT2D eigenvalue weighted by Crippen LogP contribution is 2.21. The molecule has 174 valence electrons. The SMILES string of the molecule is CC(C)(C)OC(=O)[C@H](Cc1ccc(CCCCC(=O)O)s1)NC(=O)OCc1ccccc1. The van der Waals surface area contributed by atoms with E-state index in [4.69, 9.17) is 14.6 Å². The second-order valence-corrected chi connectivity index (χ2v) is 9.72. The van der Waals surface area contributed by atoms with Crippen molar-refractivity contribution >= 4 is 29.4 Å². The summed E-state index contributed by atoms with van der Waals surface area (Å²) in [7, 11) is 0. The van der Waals surface area contributed by atoms with E-state index in [1.165, 1.54) is 0 Å². The number of hydrogen-bond donors (Lipinski definition) is 2. The zero-order valence-electron chi connectivity index (χ0n) is 18.8. The van der Waals surface area contributed by atoms with Crippen LogP contribution in [0.15, 0.2) is 42.5 Å². The number of unbranched alkanes of at least 4 members (excludes halogenated alkanes) is 1. The number of carboxylic acids is 1. The number of aryl methyl sites for hydroxylation is 1. The minimum Gasteiger partial charge on any atom is -0.481 e. The molecule has 1 aromatic heterocycles. The Kier molecular flexibility index (Phi) is 9.71. The summed E-state index contributed by atoms with van der Waals surface area (Å²) in [5, 5.41) is 11.4. The average Bonchev–Trinajstić information content (AvgIpc) is 3.16. The van der Waals surface area contributed by atoms with Crippen LogP contribution in [0.2, 0.25) is 0 Å². The molecule has 0 aliphatic rings. The van der Waals surface area contributed by atoms with Gasteiger partial charge in [-0.3, -0.25) is 4.79 Å². The summed E-state index contributed by atoms with van der Waals surface area (Å²) in [6.45, 7) is 5.43. The molecule has 0 aliphatic heterocycles. The maximum absolute atomic E-state index is 12.7. The Bertz CT molecular complexity index is 887. The van der Waals surface area contributed by atoms with Crippen molar-refractivity contribution in [2.75, 3.05) is 0 Å². The monoisotopic (exact) mass is 461 g/mol. The fourth-order valence-corrected chi connectivity index (χ4v) is 4.02. The van der Waals surface area contributed by atoms with E-state index in [1.54, 1.807) is 32.1 Å². The van der Waals surface area contributed by atoms with Gasteiger partial charge in [0.05, 0.1) is 0 Å². The van der Waals surface area contributed by atoms with Gasteiger partial charge in [-0.25, -0.2) is 9.59 Å². The number of rotatable bonds is 11. The summed E-state index contributed by atoms with van der Waals surface area (Å²) in [6, 6.07) is 12.3. The van der Waals surface area contributed by atoms with Gasteiger partial charge in [0.2, 0.25) is 0 Å². The molecule has 0 aliphatic carbocycles. The molecule has 2 rings (SSSR count). The predicted molar refractivity (Wildman–Crippen MR) is 123 cm³/mol. The van der Waals surface area contributed by atoms with E-state index >= 15 is 0 Å². The predicted octanol–water partition coefficient (Wildman–Crippen LogP) is 4.72. The van der Waals surface area contributed by atoms with Gasteiger partial charge >= 0.3 is 18.0 Å². The van der Waals surface area contributed by atoms with E-state index in [1.807, 2.05) is 42.5 Å². The highest BCUT2D eigenvalue weighted by molar-refractivity contribution is 7.12. The lowest BCUT2D eigenvalue weighted by Crippen LogP contribution is -2.45. The Hall–Kier alpha value is -2.87. The number of carbonyl (C=O) groups is 3. The normalized spacial score (nSPS) is 12.1. The van der Waals surface area contributed by atoms with E-state index in [0.717, 1.165) is 28.2 Å². The van der Waals surface area contributed by atoms with Gasteiger partial charge in [0.25, 0.3) is 0 Å². The zero-order valence-corrected chi connectivity index (χ0v) is 19.6. The molecule has 0 saturated heterocycles. The Balaban J connectivity index is 1.96. The van der Waals surface area contributed by atoms with Gasteiger partial charge in [0, 0.05) is 22.6 Å². The molecule has 1 amide bonds. The number of thiophene rings is 1. The topological polar surface area (TPSA) is 102 Å². The van der Waals surface area contributed by atoms with Crippen LogP contribution in [-0.4, -0.2) is 34.8 Å². The van der Waals surface area contributed by atoms with E-state index in [2.05, 4.69) is 5.32 Å². The maximum atomic E-state index is 12.7. The van der Waals surface area contributed by atoms with Crippen LogP contribution in [0.1, 0.15) is 55.4 Å². The van der Waals surface area contributed by atoms with Gasteiger partial charge in [0.1, 0.15) is 18.2 Å². The van der Waals surface area contributed by atoms with Crippen molar-refractivity contribution < 1.29 is 29.0 Å². The molecule has 1 heterocycles. The molecule has 0 fully saturated rings. The van der Waals surface area contributed by atoms with Gasteiger partial charge in [-0.15, -0.1) is 11.3 Å². The molecule has 0 saturated carbocycles. The van der Waals surface area contributed by atoms with Crippen LogP contribution in [0.3, 0.4) is 0 Å². The van der Waals surface area contributed by atoms with Crippen molar-refractivity contribution in [3.05, 3.63) is 57.8 Å². The summed E-state index contributed by atoms with van der Waals surface area (Å²) < 4.78 is 10.7. The molecule has 7 nitrogen and oxygen atoms in total. The quantitative estimate of drug-likeness (QED) is 0.371. The Morgan fingerprint density at radius 3 is 2.38 bits per heavy atom. The summed E-state index contributed by atoms with van der Waals surface area (Å²) >= 11 is 1.55. The van der Waals surface area contributed by atoms with Crippen molar-refractivity contribution in [2.45, 2.75) is 71.1 Å². The van der Waals surface area contributed by atoms with E-state index in [-0.39, 0.29) is 19.4 Å². The average molecular weight is 462 g/mol. The van der Waals surface area contributed by atoms with Gasteiger partial charge in [-0.1, -0.05) is 30.3 Å². The Morgan fingerprint density at radius 1 is 1.03 bits per heavy atom. The fraction of sp³-hybridized carbons (Fsp3) is 0.458. The number of aliphatic carboxylic acids is 1. The first-order valence-electron chi connectivity index (χ1n) is 10.6. The van der Waals surface area contributed by atoms with E-state index in [0.29, 0.717) is 6.42 Å². The van der Waals surface area contributed by atoms with E-state index in [9.17, 15) is 14.4 Å². The second kappa shape index (κ2) is 12.2. The van der Waals surface area contributed by atoms with Crippen molar-refractivity contribution in [3.8, 4) is 0 Å². The first kappa shape index (κ1) is 25.4. The molecular formula is C24H31NO6S. The van der Waals surface area contributed by atoms with Gasteiger partial charge < -0.3 is 19.9 Å².